The number of likely N-dealkylation sites (N-methyl/N-ethyl adjacent to an activating group) is 2. The molecule has 0 aliphatic carbocycles. The summed E-state index contributed by atoms with van der Waals surface area (Å²) in [6.07, 6.45) is -4.42. The Morgan fingerprint density at radius 3 is 2.04 bits per heavy atom. The first-order valence-corrected chi connectivity index (χ1v) is 8.98. The van der Waals surface area contributed by atoms with Crippen molar-refractivity contribution in [2.75, 3.05) is 26.7 Å². The van der Waals surface area contributed by atoms with E-state index in [0.717, 1.165) is 12.1 Å². The fourth-order valence-electron chi connectivity index (χ4n) is 2.92. The number of hydrogen-bond donors (Lipinski definition) is 0. The van der Waals surface area contributed by atoms with Gasteiger partial charge in [0.25, 0.3) is 5.91 Å². The minimum absolute atomic E-state index is 0.0676. The Kier molecular flexibility index (Phi) is 6.83. The normalized spacial score (nSPS) is 11.2. The lowest BCUT2D eigenvalue weighted by molar-refractivity contribution is -0.137. The number of nitrogens with zero attached hydrogens (tertiary/aromatic N) is 2. The van der Waals surface area contributed by atoms with Crippen molar-refractivity contribution in [1.29, 1.82) is 0 Å². The summed E-state index contributed by atoms with van der Waals surface area (Å²) in [5, 5.41) is 0. The number of carbonyl (C=O) groups is 2. The van der Waals surface area contributed by atoms with Crippen molar-refractivity contribution in [3.63, 3.8) is 0 Å². The maximum absolute atomic E-state index is 12.9. The zero-order chi connectivity index (χ0) is 20.9. The Labute approximate surface area is 162 Å². The van der Waals surface area contributed by atoms with Crippen LogP contribution in [0.5, 0.6) is 0 Å². The summed E-state index contributed by atoms with van der Waals surface area (Å²) in [7, 11) is 1.53. The minimum atomic E-state index is -4.42. The standard InChI is InChI=1S/C21H23F3N2O2/c1-4-26(5-2)19(27)14-25(3)20(28)18-9-7-6-8-17(18)15-10-12-16(13-11-15)21(22,23)24/h6-13H,4-5,14H2,1-3H3. The molecule has 0 aliphatic rings. The molecule has 0 saturated heterocycles. The smallest absolute Gasteiger partial charge is 0.342 e. The second kappa shape index (κ2) is 8.91. The lowest BCUT2D eigenvalue weighted by atomic mass is 9.98. The highest BCUT2D eigenvalue weighted by Gasteiger charge is 2.30. The summed E-state index contributed by atoms with van der Waals surface area (Å²) in [6, 6.07) is 11.3. The largest absolute Gasteiger partial charge is 0.416 e. The quantitative estimate of drug-likeness (QED) is 0.735. The van der Waals surface area contributed by atoms with E-state index in [0.29, 0.717) is 29.8 Å². The highest BCUT2D eigenvalue weighted by Crippen LogP contribution is 2.32. The number of benzene rings is 2. The van der Waals surface area contributed by atoms with Crippen molar-refractivity contribution in [2.45, 2.75) is 20.0 Å². The number of alkyl halides is 3. The highest BCUT2D eigenvalue weighted by atomic mass is 19.4. The maximum atomic E-state index is 12.9. The van der Waals surface area contributed by atoms with E-state index in [1.54, 1.807) is 29.2 Å². The average Bonchev–Trinajstić information content (AvgIpc) is 2.67. The molecule has 0 spiro atoms. The van der Waals surface area contributed by atoms with Crippen LogP contribution in [-0.4, -0.2) is 48.3 Å². The molecule has 0 unspecified atom stereocenters. The predicted molar refractivity (Wildman–Crippen MR) is 102 cm³/mol. The SMILES string of the molecule is CCN(CC)C(=O)CN(C)C(=O)c1ccccc1-c1ccc(C(F)(F)F)cc1. The van der Waals surface area contributed by atoms with Crippen LogP contribution in [-0.2, 0) is 11.0 Å². The monoisotopic (exact) mass is 392 g/mol. The summed E-state index contributed by atoms with van der Waals surface area (Å²) in [4.78, 5) is 28.1. The van der Waals surface area contributed by atoms with Crippen molar-refractivity contribution in [1.82, 2.24) is 9.80 Å². The Morgan fingerprint density at radius 2 is 1.50 bits per heavy atom. The first kappa shape index (κ1) is 21.5. The first-order chi connectivity index (χ1) is 13.2. The van der Waals surface area contributed by atoms with Gasteiger partial charge in [0.1, 0.15) is 0 Å². The maximum Gasteiger partial charge on any atom is 0.416 e. The van der Waals surface area contributed by atoms with Gasteiger partial charge in [0, 0.05) is 25.7 Å². The lowest BCUT2D eigenvalue weighted by Gasteiger charge is -2.24. The van der Waals surface area contributed by atoms with Gasteiger partial charge in [0.2, 0.25) is 5.91 Å². The van der Waals surface area contributed by atoms with Crippen LogP contribution in [0.15, 0.2) is 48.5 Å². The summed E-state index contributed by atoms with van der Waals surface area (Å²) in [5.74, 6) is -0.524. The van der Waals surface area contributed by atoms with E-state index in [-0.39, 0.29) is 18.4 Å². The third kappa shape index (κ3) is 4.91. The van der Waals surface area contributed by atoms with Gasteiger partial charge in [-0.15, -0.1) is 0 Å². The van der Waals surface area contributed by atoms with Crippen LogP contribution in [0, 0.1) is 0 Å². The fourth-order valence-corrected chi connectivity index (χ4v) is 2.92. The van der Waals surface area contributed by atoms with Gasteiger partial charge in [-0.3, -0.25) is 9.59 Å². The summed E-state index contributed by atoms with van der Waals surface area (Å²) < 4.78 is 38.4. The number of carbonyl (C=O) groups excluding carboxylic acids is 2. The van der Waals surface area contributed by atoms with Crippen molar-refractivity contribution < 1.29 is 22.8 Å². The first-order valence-electron chi connectivity index (χ1n) is 8.98. The van der Waals surface area contributed by atoms with Gasteiger partial charge in [-0.1, -0.05) is 30.3 Å². The topological polar surface area (TPSA) is 40.6 Å². The van der Waals surface area contributed by atoms with E-state index >= 15 is 0 Å². The lowest BCUT2D eigenvalue weighted by Crippen LogP contribution is -2.41. The molecule has 2 rings (SSSR count). The number of amides is 2. The molecule has 0 aliphatic heterocycles. The van der Waals surface area contributed by atoms with E-state index in [4.69, 9.17) is 0 Å². The zero-order valence-corrected chi connectivity index (χ0v) is 16.1. The van der Waals surface area contributed by atoms with Crippen molar-refractivity contribution in [2.24, 2.45) is 0 Å². The summed E-state index contributed by atoms with van der Waals surface area (Å²) >= 11 is 0. The molecule has 2 aromatic rings. The van der Waals surface area contributed by atoms with Gasteiger partial charge in [0.05, 0.1) is 12.1 Å². The number of hydrogen-bond acceptors (Lipinski definition) is 2. The molecule has 0 N–H and O–H groups in total. The van der Waals surface area contributed by atoms with E-state index < -0.39 is 11.7 Å². The van der Waals surface area contributed by atoms with Crippen molar-refractivity contribution in [3.05, 3.63) is 59.7 Å². The fraction of sp³-hybridized carbons (Fsp3) is 0.333. The highest BCUT2D eigenvalue weighted by molar-refractivity contribution is 6.02. The van der Waals surface area contributed by atoms with Crippen LogP contribution >= 0.6 is 0 Å². The van der Waals surface area contributed by atoms with Crippen molar-refractivity contribution >= 4 is 11.8 Å². The Hall–Kier alpha value is -2.83. The molecule has 2 amide bonds. The van der Waals surface area contributed by atoms with Gasteiger partial charge in [-0.05, 0) is 43.2 Å². The molecule has 0 bridgehead atoms. The van der Waals surface area contributed by atoms with Crippen molar-refractivity contribution in [3.8, 4) is 11.1 Å². The van der Waals surface area contributed by atoms with Gasteiger partial charge in [-0.25, -0.2) is 0 Å². The Balaban J connectivity index is 2.28. The molecule has 0 heterocycles. The van der Waals surface area contributed by atoms with Crippen LogP contribution in [0.3, 0.4) is 0 Å². The molecular weight excluding hydrogens is 369 g/mol. The van der Waals surface area contributed by atoms with Crippen LogP contribution in [0.1, 0.15) is 29.8 Å². The van der Waals surface area contributed by atoms with Gasteiger partial charge in [0.15, 0.2) is 0 Å². The molecule has 2 aromatic carbocycles. The molecule has 0 atom stereocenters. The second-order valence-corrected chi connectivity index (χ2v) is 6.35. The van der Waals surface area contributed by atoms with Gasteiger partial charge in [-0.2, -0.15) is 13.2 Å². The van der Waals surface area contributed by atoms with Crippen LogP contribution in [0.25, 0.3) is 11.1 Å². The third-order valence-corrected chi connectivity index (χ3v) is 4.52. The zero-order valence-electron chi connectivity index (χ0n) is 16.1. The summed E-state index contributed by atoms with van der Waals surface area (Å²) in [5.41, 5.74) is 0.600. The molecule has 7 heteroatoms. The Morgan fingerprint density at radius 1 is 0.929 bits per heavy atom. The van der Waals surface area contributed by atoms with Crippen LogP contribution < -0.4 is 0 Å². The van der Waals surface area contributed by atoms with E-state index in [2.05, 4.69) is 0 Å². The van der Waals surface area contributed by atoms with Crippen LogP contribution in [0.4, 0.5) is 13.2 Å². The predicted octanol–water partition coefficient (Wildman–Crippen LogP) is 4.31. The third-order valence-electron chi connectivity index (χ3n) is 4.52. The number of halogens is 3. The van der Waals surface area contributed by atoms with E-state index in [9.17, 15) is 22.8 Å². The molecule has 0 radical (unpaired) electrons. The molecule has 150 valence electrons. The van der Waals surface area contributed by atoms with Gasteiger partial charge < -0.3 is 9.80 Å². The molecule has 0 fully saturated rings. The molecule has 0 saturated carbocycles. The molecular formula is C21H23F3N2O2. The van der Waals surface area contributed by atoms with E-state index in [1.807, 2.05) is 13.8 Å². The molecule has 28 heavy (non-hydrogen) atoms. The summed E-state index contributed by atoms with van der Waals surface area (Å²) in [6.45, 7) is 4.77. The van der Waals surface area contributed by atoms with E-state index in [1.165, 1.54) is 24.1 Å². The number of rotatable bonds is 6. The van der Waals surface area contributed by atoms with Crippen LogP contribution in [0.2, 0.25) is 0 Å². The molecule has 4 nitrogen and oxygen atoms in total. The molecule has 0 aromatic heterocycles. The average molecular weight is 392 g/mol. The Bertz CT molecular complexity index is 828. The minimum Gasteiger partial charge on any atom is -0.342 e. The second-order valence-electron chi connectivity index (χ2n) is 6.35. The van der Waals surface area contributed by atoms with Gasteiger partial charge >= 0.3 is 6.18 Å².